The summed E-state index contributed by atoms with van der Waals surface area (Å²) in [6.07, 6.45) is 3.05. The van der Waals surface area contributed by atoms with E-state index in [1.165, 1.54) is 0 Å². The van der Waals surface area contributed by atoms with Gasteiger partial charge >= 0.3 is 0 Å². The van der Waals surface area contributed by atoms with Crippen LogP contribution in [0.4, 0.5) is 5.69 Å². The average Bonchev–Trinajstić information content (AvgIpc) is 3.01. The maximum absolute atomic E-state index is 11.6. The van der Waals surface area contributed by atoms with Gasteiger partial charge in [0.2, 0.25) is 5.91 Å². The molecule has 0 radical (unpaired) electrons. The molecule has 1 heterocycles. The molecule has 3 N–H and O–H groups in total. The SMILES string of the molecule is C=Nc1cc(C(N)=O)c(OCC)cc1/C(=C\C)OC[C@@H]1CCC(=O)N1. The van der Waals surface area contributed by atoms with Gasteiger partial charge in [-0.15, -0.1) is 0 Å². The lowest BCUT2D eigenvalue weighted by atomic mass is 10.0. The van der Waals surface area contributed by atoms with Crippen molar-refractivity contribution >= 4 is 30.0 Å². The van der Waals surface area contributed by atoms with Crippen LogP contribution in [0.5, 0.6) is 5.75 Å². The average molecular weight is 345 g/mol. The van der Waals surface area contributed by atoms with E-state index < -0.39 is 5.91 Å². The molecule has 0 aromatic heterocycles. The molecule has 2 rings (SSSR count). The van der Waals surface area contributed by atoms with Gasteiger partial charge in [-0.05, 0) is 45.2 Å². The minimum atomic E-state index is -0.600. The van der Waals surface area contributed by atoms with Crippen molar-refractivity contribution in [2.24, 2.45) is 10.7 Å². The van der Waals surface area contributed by atoms with E-state index in [0.29, 0.717) is 42.4 Å². The van der Waals surface area contributed by atoms with E-state index in [4.69, 9.17) is 15.2 Å². The molecule has 2 amide bonds. The van der Waals surface area contributed by atoms with E-state index in [0.717, 1.165) is 6.42 Å². The van der Waals surface area contributed by atoms with Gasteiger partial charge in [-0.3, -0.25) is 14.6 Å². The fraction of sp³-hybridized carbons (Fsp3) is 0.389. The van der Waals surface area contributed by atoms with E-state index in [1.807, 2.05) is 13.8 Å². The largest absolute Gasteiger partial charge is 0.493 e. The molecule has 1 saturated heterocycles. The van der Waals surface area contributed by atoms with Gasteiger partial charge in [-0.1, -0.05) is 0 Å². The number of rotatable bonds is 8. The number of hydrogen-bond donors (Lipinski definition) is 2. The number of carbonyl (C=O) groups is 2. The van der Waals surface area contributed by atoms with Crippen molar-refractivity contribution in [1.29, 1.82) is 0 Å². The normalized spacial score (nSPS) is 17.1. The monoisotopic (exact) mass is 345 g/mol. The Kier molecular flexibility index (Phi) is 6.16. The number of hydrogen-bond acceptors (Lipinski definition) is 5. The lowest BCUT2D eigenvalue weighted by molar-refractivity contribution is -0.119. The van der Waals surface area contributed by atoms with Crippen molar-refractivity contribution in [2.75, 3.05) is 13.2 Å². The van der Waals surface area contributed by atoms with E-state index in [-0.39, 0.29) is 17.5 Å². The standard InChI is InChI=1S/C18H23N3O4/c1-4-15(25-10-11-6-7-17(22)21-11)12-9-16(24-5-2)13(18(19)23)8-14(12)20-3/h4,8-9,11H,3,5-7,10H2,1-2H3,(H2,19,23)(H,21,22)/b15-4+/t11-/m0/s1. The van der Waals surface area contributed by atoms with Crippen LogP contribution in [0.25, 0.3) is 5.76 Å². The lowest BCUT2D eigenvalue weighted by Crippen LogP contribution is -2.29. The Morgan fingerprint density at radius 3 is 2.76 bits per heavy atom. The zero-order valence-electron chi connectivity index (χ0n) is 14.5. The van der Waals surface area contributed by atoms with Gasteiger partial charge in [0.1, 0.15) is 18.1 Å². The highest BCUT2D eigenvalue weighted by Crippen LogP contribution is 2.34. The molecule has 134 valence electrons. The van der Waals surface area contributed by atoms with E-state index in [9.17, 15) is 9.59 Å². The number of amides is 2. The smallest absolute Gasteiger partial charge is 0.252 e. The number of benzene rings is 1. The molecule has 1 aromatic rings. The Morgan fingerprint density at radius 1 is 1.48 bits per heavy atom. The third-order valence-electron chi connectivity index (χ3n) is 3.89. The number of nitrogens with two attached hydrogens (primary N) is 1. The van der Waals surface area contributed by atoms with Crippen LogP contribution >= 0.6 is 0 Å². The summed E-state index contributed by atoms with van der Waals surface area (Å²) in [6, 6.07) is 3.20. The van der Waals surface area contributed by atoms with Gasteiger partial charge in [0.05, 0.1) is 23.9 Å². The fourth-order valence-electron chi connectivity index (χ4n) is 2.67. The molecule has 1 fully saturated rings. The van der Waals surface area contributed by atoms with E-state index in [2.05, 4.69) is 17.0 Å². The molecule has 0 bridgehead atoms. The molecule has 0 spiro atoms. The van der Waals surface area contributed by atoms with Crippen molar-refractivity contribution in [3.05, 3.63) is 29.3 Å². The summed E-state index contributed by atoms with van der Waals surface area (Å²) in [4.78, 5) is 26.9. The van der Waals surface area contributed by atoms with Gasteiger partial charge in [0.25, 0.3) is 5.91 Å². The van der Waals surface area contributed by atoms with Gasteiger partial charge in [0, 0.05) is 12.0 Å². The van der Waals surface area contributed by atoms with Crippen LogP contribution in [0.15, 0.2) is 23.2 Å². The molecule has 0 aliphatic carbocycles. The Balaban J connectivity index is 2.30. The van der Waals surface area contributed by atoms with Gasteiger partial charge in [-0.2, -0.15) is 0 Å². The van der Waals surface area contributed by atoms with Gasteiger partial charge in [-0.25, -0.2) is 0 Å². The summed E-state index contributed by atoms with van der Waals surface area (Å²) in [5.41, 5.74) is 6.78. The maximum atomic E-state index is 11.6. The minimum absolute atomic E-state index is 0.0150. The number of allylic oxidation sites excluding steroid dienone is 1. The third-order valence-corrected chi connectivity index (χ3v) is 3.89. The minimum Gasteiger partial charge on any atom is -0.493 e. The molecule has 25 heavy (non-hydrogen) atoms. The predicted molar refractivity (Wildman–Crippen MR) is 96.1 cm³/mol. The summed E-state index contributed by atoms with van der Waals surface area (Å²) in [5, 5.41) is 2.86. The second-order valence-corrected chi connectivity index (χ2v) is 5.59. The van der Waals surface area contributed by atoms with Gasteiger partial charge < -0.3 is 20.5 Å². The Labute approximate surface area is 146 Å². The molecule has 1 atom stereocenters. The fourth-order valence-corrected chi connectivity index (χ4v) is 2.67. The Morgan fingerprint density at radius 2 is 2.24 bits per heavy atom. The van der Waals surface area contributed by atoms with Crippen molar-refractivity contribution in [3.8, 4) is 5.75 Å². The Bertz CT molecular complexity index is 713. The number of nitrogens with one attached hydrogen (secondary N) is 1. The summed E-state index contributed by atoms with van der Waals surface area (Å²) in [7, 11) is 0. The zero-order valence-corrected chi connectivity index (χ0v) is 14.5. The zero-order chi connectivity index (χ0) is 18.4. The van der Waals surface area contributed by atoms with E-state index in [1.54, 1.807) is 18.2 Å². The topological polar surface area (TPSA) is 103 Å². The number of nitrogens with zero attached hydrogens (tertiary/aromatic N) is 1. The molecule has 7 nitrogen and oxygen atoms in total. The highest BCUT2D eigenvalue weighted by atomic mass is 16.5. The van der Waals surface area contributed by atoms with Crippen LogP contribution in [-0.2, 0) is 9.53 Å². The number of aliphatic imine (C=N–C) groups is 1. The highest BCUT2D eigenvalue weighted by Gasteiger charge is 2.23. The van der Waals surface area contributed by atoms with Crippen molar-refractivity contribution < 1.29 is 19.1 Å². The van der Waals surface area contributed by atoms with Crippen LogP contribution in [-0.4, -0.2) is 37.8 Å². The van der Waals surface area contributed by atoms with Gasteiger partial charge in [0.15, 0.2) is 0 Å². The third kappa shape index (κ3) is 4.37. The lowest BCUT2D eigenvalue weighted by Gasteiger charge is -2.18. The predicted octanol–water partition coefficient (Wildman–Crippen LogP) is 2.17. The first-order valence-electron chi connectivity index (χ1n) is 8.16. The first-order chi connectivity index (χ1) is 12.0. The number of ether oxygens (including phenoxy) is 2. The number of carbonyl (C=O) groups excluding carboxylic acids is 2. The molecule has 1 aliphatic heterocycles. The second kappa shape index (κ2) is 8.32. The van der Waals surface area contributed by atoms with Crippen LogP contribution in [0.3, 0.4) is 0 Å². The highest BCUT2D eigenvalue weighted by molar-refractivity contribution is 5.97. The molecule has 0 saturated carbocycles. The number of primary amides is 1. The van der Waals surface area contributed by atoms with E-state index >= 15 is 0 Å². The summed E-state index contributed by atoms with van der Waals surface area (Å²) in [5.74, 6) is 0.375. The summed E-state index contributed by atoms with van der Waals surface area (Å²) >= 11 is 0. The molecule has 0 unspecified atom stereocenters. The van der Waals surface area contributed by atoms with Crippen molar-refractivity contribution in [1.82, 2.24) is 5.32 Å². The molecule has 1 aromatic carbocycles. The summed E-state index contributed by atoms with van der Waals surface area (Å²) in [6.45, 7) is 7.94. The molecular formula is C18H23N3O4. The Hall–Kier alpha value is -2.83. The van der Waals surface area contributed by atoms with Crippen LogP contribution < -0.4 is 15.8 Å². The van der Waals surface area contributed by atoms with Crippen LogP contribution in [0, 0.1) is 0 Å². The molecule has 1 aliphatic rings. The van der Waals surface area contributed by atoms with Crippen LogP contribution in [0.2, 0.25) is 0 Å². The molecular weight excluding hydrogens is 322 g/mol. The van der Waals surface area contributed by atoms with Crippen molar-refractivity contribution in [3.63, 3.8) is 0 Å². The quantitative estimate of drug-likeness (QED) is 0.556. The maximum Gasteiger partial charge on any atom is 0.252 e. The second-order valence-electron chi connectivity index (χ2n) is 5.59. The first-order valence-corrected chi connectivity index (χ1v) is 8.16. The molecule has 7 heteroatoms. The van der Waals surface area contributed by atoms with Crippen LogP contribution in [0.1, 0.15) is 42.6 Å². The first kappa shape index (κ1) is 18.5. The summed E-state index contributed by atoms with van der Waals surface area (Å²) < 4.78 is 11.4. The van der Waals surface area contributed by atoms with Crippen molar-refractivity contribution in [2.45, 2.75) is 32.7 Å².